The Balaban J connectivity index is 1.75. The van der Waals surface area contributed by atoms with E-state index in [0.717, 1.165) is 50.0 Å². The topological polar surface area (TPSA) is 43.3 Å². The Kier molecular flexibility index (Phi) is 2.98. The molecule has 4 nitrogen and oxygen atoms in total. The molecule has 28 heavy (non-hydrogen) atoms. The van der Waals surface area contributed by atoms with Crippen molar-refractivity contribution < 1.29 is 4.42 Å². The number of fused-ring (bicyclic) bond motifs is 7. The van der Waals surface area contributed by atoms with Crippen LogP contribution in [0.15, 0.2) is 71.3 Å². The van der Waals surface area contributed by atoms with Crippen molar-refractivity contribution in [1.82, 2.24) is 14.4 Å². The molecule has 0 atom stereocenters. The second kappa shape index (κ2) is 5.42. The normalized spacial score (nSPS) is 11.9. The van der Waals surface area contributed by atoms with E-state index in [1.54, 1.807) is 0 Å². The molecule has 0 unspecified atom stereocenters. The van der Waals surface area contributed by atoms with Crippen LogP contribution in [0.3, 0.4) is 0 Å². The maximum atomic E-state index is 6.47. The van der Waals surface area contributed by atoms with Crippen LogP contribution in [-0.2, 0) is 0 Å². The Labute approximate surface area is 161 Å². The van der Waals surface area contributed by atoms with Gasteiger partial charge in [0.1, 0.15) is 11.2 Å². The predicted octanol–water partition coefficient (Wildman–Crippen LogP) is 6.07. The first-order valence-corrected chi connectivity index (χ1v) is 9.36. The molecule has 0 N–H and O–H groups in total. The maximum Gasteiger partial charge on any atom is 0.214 e. The van der Waals surface area contributed by atoms with E-state index < -0.39 is 0 Å². The van der Waals surface area contributed by atoms with Crippen molar-refractivity contribution >= 4 is 38.7 Å². The highest BCUT2D eigenvalue weighted by Crippen LogP contribution is 2.36. The van der Waals surface area contributed by atoms with Crippen LogP contribution in [0.2, 0.25) is 0 Å². The highest BCUT2D eigenvalue weighted by molar-refractivity contribution is 6.09. The number of rotatable bonds is 1. The summed E-state index contributed by atoms with van der Waals surface area (Å²) in [4.78, 5) is 9.38. The van der Waals surface area contributed by atoms with E-state index in [0.29, 0.717) is 0 Å². The molecule has 0 aliphatic heterocycles. The second-order valence-electron chi connectivity index (χ2n) is 7.28. The molecular formula is C24H17N3O. The standard InChI is InChI=1S/C24H17N3O/c1-14-12-20(25-13-15(14)2)18-7-5-6-16-17-10-11-22-26-19-8-3-4-9-21(19)27(22)24(17)28-23(16)18/h3-13H,1-2H3. The molecule has 4 heteroatoms. The largest absolute Gasteiger partial charge is 0.438 e. The molecule has 0 fully saturated rings. The highest BCUT2D eigenvalue weighted by Gasteiger charge is 2.17. The van der Waals surface area contributed by atoms with Crippen molar-refractivity contribution in [3.63, 3.8) is 0 Å². The molecule has 0 aliphatic carbocycles. The first kappa shape index (κ1) is 15.4. The second-order valence-corrected chi connectivity index (χ2v) is 7.28. The Hall–Kier alpha value is -3.66. The maximum absolute atomic E-state index is 6.47. The van der Waals surface area contributed by atoms with Gasteiger partial charge in [-0.15, -0.1) is 0 Å². The number of nitrogens with zero attached hydrogens (tertiary/aromatic N) is 3. The molecule has 6 aromatic rings. The molecule has 0 spiro atoms. The van der Waals surface area contributed by atoms with E-state index in [9.17, 15) is 0 Å². The molecule has 134 valence electrons. The molecule has 0 saturated heterocycles. The minimum Gasteiger partial charge on any atom is -0.438 e. The fraction of sp³-hybridized carbons (Fsp3) is 0.0833. The van der Waals surface area contributed by atoms with Crippen LogP contribution in [-0.4, -0.2) is 14.4 Å². The minimum atomic E-state index is 0.817. The van der Waals surface area contributed by atoms with Gasteiger partial charge in [0.25, 0.3) is 0 Å². The number of aromatic nitrogens is 3. The van der Waals surface area contributed by atoms with Crippen LogP contribution in [0.5, 0.6) is 0 Å². The summed E-state index contributed by atoms with van der Waals surface area (Å²) in [5, 5.41) is 2.17. The van der Waals surface area contributed by atoms with Gasteiger partial charge in [0.15, 0.2) is 0 Å². The summed E-state index contributed by atoms with van der Waals surface area (Å²) in [6, 6.07) is 20.7. The van der Waals surface area contributed by atoms with Gasteiger partial charge >= 0.3 is 0 Å². The summed E-state index contributed by atoms with van der Waals surface area (Å²) in [5.74, 6) is 0. The average molecular weight is 363 g/mol. The molecule has 0 saturated carbocycles. The average Bonchev–Trinajstić information content (AvgIpc) is 3.27. The summed E-state index contributed by atoms with van der Waals surface area (Å²) < 4.78 is 8.57. The lowest BCUT2D eigenvalue weighted by molar-refractivity contribution is 0.651. The summed E-state index contributed by atoms with van der Waals surface area (Å²) in [7, 11) is 0. The molecule has 4 heterocycles. The van der Waals surface area contributed by atoms with Crippen LogP contribution in [0, 0.1) is 13.8 Å². The van der Waals surface area contributed by atoms with Crippen molar-refractivity contribution in [2.45, 2.75) is 13.8 Å². The zero-order chi connectivity index (χ0) is 18.8. The fourth-order valence-electron chi connectivity index (χ4n) is 3.95. The lowest BCUT2D eigenvalue weighted by Crippen LogP contribution is -1.88. The van der Waals surface area contributed by atoms with Crippen molar-refractivity contribution in [3.05, 3.63) is 78.0 Å². The quantitative estimate of drug-likeness (QED) is 0.356. The zero-order valence-electron chi connectivity index (χ0n) is 15.6. The van der Waals surface area contributed by atoms with Crippen LogP contribution in [0.4, 0.5) is 0 Å². The Morgan fingerprint density at radius 3 is 2.64 bits per heavy atom. The number of para-hydroxylation sites is 3. The van der Waals surface area contributed by atoms with Gasteiger partial charge in [-0.05, 0) is 61.4 Å². The number of benzene rings is 2. The lowest BCUT2D eigenvalue weighted by atomic mass is 10.0. The number of furan rings is 1. The fourth-order valence-corrected chi connectivity index (χ4v) is 3.95. The van der Waals surface area contributed by atoms with Crippen molar-refractivity contribution in [3.8, 4) is 11.3 Å². The van der Waals surface area contributed by atoms with Crippen molar-refractivity contribution in [2.24, 2.45) is 0 Å². The monoisotopic (exact) mass is 363 g/mol. The third-order valence-electron chi connectivity index (χ3n) is 5.57. The highest BCUT2D eigenvalue weighted by atomic mass is 16.3. The van der Waals surface area contributed by atoms with Gasteiger partial charge < -0.3 is 4.42 Å². The predicted molar refractivity (Wildman–Crippen MR) is 113 cm³/mol. The van der Waals surface area contributed by atoms with E-state index in [1.165, 1.54) is 11.1 Å². The van der Waals surface area contributed by atoms with Gasteiger partial charge in [-0.1, -0.05) is 24.3 Å². The third-order valence-corrected chi connectivity index (χ3v) is 5.57. The van der Waals surface area contributed by atoms with Gasteiger partial charge in [0.2, 0.25) is 5.71 Å². The van der Waals surface area contributed by atoms with E-state index in [-0.39, 0.29) is 0 Å². The molecule has 4 aromatic heterocycles. The first-order valence-electron chi connectivity index (χ1n) is 9.36. The van der Waals surface area contributed by atoms with E-state index >= 15 is 0 Å². The Bertz CT molecular complexity index is 1540. The summed E-state index contributed by atoms with van der Waals surface area (Å²) in [6.07, 6.45) is 1.92. The van der Waals surface area contributed by atoms with E-state index in [2.05, 4.69) is 65.7 Å². The van der Waals surface area contributed by atoms with E-state index in [1.807, 2.05) is 24.4 Å². The van der Waals surface area contributed by atoms with Gasteiger partial charge in [-0.25, -0.2) is 4.98 Å². The number of aryl methyl sites for hydroxylation is 2. The molecule has 0 bridgehead atoms. The number of pyridine rings is 2. The first-order chi connectivity index (χ1) is 13.7. The molecule has 2 aromatic carbocycles. The SMILES string of the molecule is Cc1cnc(-c2cccc3c2oc2c3ccc3nc4ccccc4n32)cc1C. The summed E-state index contributed by atoms with van der Waals surface area (Å²) in [6.45, 7) is 4.19. The Morgan fingerprint density at radius 2 is 1.75 bits per heavy atom. The minimum absolute atomic E-state index is 0.817. The van der Waals surface area contributed by atoms with Crippen molar-refractivity contribution in [1.29, 1.82) is 0 Å². The lowest BCUT2D eigenvalue weighted by Gasteiger charge is -2.05. The van der Waals surface area contributed by atoms with Crippen LogP contribution in [0.25, 0.3) is 50.0 Å². The van der Waals surface area contributed by atoms with Gasteiger partial charge in [-0.3, -0.25) is 9.38 Å². The van der Waals surface area contributed by atoms with Gasteiger partial charge in [0.05, 0.1) is 16.7 Å². The van der Waals surface area contributed by atoms with Crippen LogP contribution < -0.4 is 0 Å². The Morgan fingerprint density at radius 1 is 0.857 bits per heavy atom. The molecule has 6 rings (SSSR count). The summed E-state index contributed by atoms with van der Waals surface area (Å²) in [5.41, 5.74) is 8.93. The van der Waals surface area contributed by atoms with Crippen molar-refractivity contribution in [2.75, 3.05) is 0 Å². The number of hydrogen-bond acceptors (Lipinski definition) is 3. The van der Waals surface area contributed by atoms with Gasteiger partial charge in [0, 0.05) is 22.5 Å². The van der Waals surface area contributed by atoms with Crippen LogP contribution >= 0.6 is 0 Å². The molecular weight excluding hydrogens is 346 g/mol. The molecule has 0 amide bonds. The smallest absolute Gasteiger partial charge is 0.214 e. The van der Waals surface area contributed by atoms with Gasteiger partial charge in [-0.2, -0.15) is 0 Å². The summed E-state index contributed by atoms with van der Waals surface area (Å²) >= 11 is 0. The molecule has 0 aliphatic rings. The van der Waals surface area contributed by atoms with Crippen LogP contribution in [0.1, 0.15) is 11.1 Å². The number of imidazole rings is 1. The molecule has 0 radical (unpaired) electrons. The third kappa shape index (κ3) is 2.00. The van der Waals surface area contributed by atoms with E-state index in [4.69, 9.17) is 9.40 Å². The zero-order valence-corrected chi connectivity index (χ0v) is 15.6. The number of hydrogen-bond donors (Lipinski definition) is 0.